The van der Waals surface area contributed by atoms with Gasteiger partial charge in [-0.15, -0.1) is 11.3 Å². The number of hydrogen-bond acceptors (Lipinski definition) is 5. The van der Waals surface area contributed by atoms with Gasteiger partial charge in [0.2, 0.25) is 9.84 Å². The number of carbonyl (C=O) groups is 1. The summed E-state index contributed by atoms with van der Waals surface area (Å²) in [5.74, 6) is -4.06. The predicted molar refractivity (Wildman–Crippen MR) is 100 cm³/mol. The summed E-state index contributed by atoms with van der Waals surface area (Å²) in [5.41, 5.74) is 1.43. The number of amides is 1. The van der Waals surface area contributed by atoms with Crippen LogP contribution < -0.4 is 5.32 Å². The topological polar surface area (TPSA) is 76.1 Å². The van der Waals surface area contributed by atoms with Gasteiger partial charge in [0.25, 0.3) is 5.91 Å². The number of thiazole rings is 1. The van der Waals surface area contributed by atoms with Crippen molar-refractivity contribution in [3.8, 4) is 11.3 Å². The Kier molecular flexibility index (Phi) is 5.54. The van der Waals surface area contributed by atoms with Gasteiger partial charge in [-0.05, 0) is 30.3 Å². The van der Waals surface area contributed by atoms with Crippen LogP contribution in [0.15, 0.2) is 58.8 Å². The molecule has 1 heterocycles. The fraction of sp³-hybridized carbons (Fsp3) is 0.0588. The standard InChI is InChI=1S/C17H11ClF2N2O3S2/c18-13-4-2-1-3-12(13)14-9-26-17(21-14)22-15(23)10-5-7-11(8-6-10)27(24,25)16(19)20/h1-9,16H,(H,21,22,23). The maximum Gasteiger partial charge on any atom is 0.341 e. The van der Waals surface area contributed by atoms with Crippen molar-refractivity contribution in [2.24, 2.45) is 0 Å². The maximum atomic E-state index is 12.5. The summed E-state index contributed by atoms with van der Waals surface area (Å²) in [4.78, 5) is 16.0. The van der Waals surface area contributed by atoms with Gasteiger partial charge in [0, 0.05) is 21.5 Å². The second kappa shape index (κ2) is 7.71. The van der Waals surface area contributed by atoms with Crippen LogP contribution in [0.25, 0.3) is 11.3 Å². The molecule has 5 nitrogen and oxygen atoms in total. The molecule has 0 radical (unpaired) electrons. The van der Waals surface area contributed by atoms with Gasteiger partial charge < -0.3 is 0 Å². The number of anilines is 1. The molecule has 1 aromatic heterocycles. The van der Waals surface area contributed by atoms with Crippen molar-refractivity contribution in [2.45, 2.75) is 10.7 Å². The summed E-state index contributed by atoms with van der Waals surface area (Å²) in [6.07, 6.45) is 0. The van der Waals surface area contributed by atoms with Gasteiger partial charge in [-0.3, -0.25) is 10.1 Å². The van der Waals surface area contributed by atoms with Crippen molar-refractivity contribution in [3.05, 3.63) is 64.5 Å². The van der Waals surface area contributed by atoms with E-state index in [1.165, 1.54) is 11.3 Å². The second-order valence-electron chi connectivity index (χ2n) is 5.30. The minimum atomic E-state index is -4.70. The Morgan fingerprint density at radius 1 is 1.11 bits per heavy atom. The van der Waals surface area contributed by atoms with Crippen molar-refractivity contribution >= 4 is 43.8 Å². The lowest BCUT2D eigenvalue weighted by Gasteiger charge is -2.05. The summed E-state index contributed by atoms with van der Waals surface area (Å²) in [7, 11) is -4.70. The van der Waals surface area contributed by atoms with E-state index in [-0.39, 0.29) is 5.56 Å². The van der Waals surface area contributed by atoms with Gasteiger partial charge >= 0.3 is 5.76 Å². The number of nitrogens with one attached hydrogen (secondary N) is 1. The Bertz CT molecular complexity index is 1080. The highest BCUT2D eigenvalue weighted by Gasteiger charge is 2.26. The zero-order chi connectivity index (χ0) is 19.6. The van der Waals surface area contributed by atoms with E-state index < -0.39 is 26.4 Å². The molecule has 3 rings (SSSR count). The van der Waals surface area contributed by atoms with Gasteiger partial charge in [0.15, 0.2) is 5.13 Å². The number of halogens is 3. The molecule has 0 aliphatic heterocycles. The number of nitrogens with zero attached hydrogens (tertiary/aromatic N) is 1. The highest BCUT2D eigenvalue weighted by atomic mass is 35.5. The van der Waals surface area contributed by atoms with Crippen LogP contribution in [0, 0.1) is 0 Å². The van der Waals surface area contributed by atoms with Crippen LogP contribution >= 0.6 is 22.9 Å². The average Bonchev–Trinajstić information content (AvgIpc) is 3.10. The fourth-order valence-electron chi connectivity index (χ4n) is 2.19. The van der Waals surface area contributed by atoms with Gasteiger partial charge in [-0.25, -0.2) is 13.4 Å². The van der Waals surface area contributed by atoms with E-state index in [0.717, 1.165) is 29.8 Å². The molecule has 0 unspecified atom stereocenters. The van der Waals surface area contributed by atoms with Crippen molar-refractivity contribution in [3.63, 3.8) is 0 Å². The van der Waals surface area contributed by atoms with Crippen LogP contribution in [0.5, 0.6) is 0 Å². The van der Waals surface area contributed by atoms with Crippen molar-refractivity contribution < 1.29 is 22.0 Å². The summed E-state index contributed by atoms with van der Waals surface area (Å²) < 4.78 is 47.9. The third-order valence-electron chi connectivity index (χ3n) is 3.55. The number of sulfone groups is 1. The Balaban J connectivity index is 1.76. The molecule has 0 atom stereocenters. The number of aromatic nitrogens is 1. The SMILES string of the molecule is O=C(Nc1nc(-c2ccccc2Cl)cs1)c1ccc(S(=O)(=O)C(F)F)cc1. The van der Waals surface area contributed by atoms with E-state index in [2.05, 4.69) is 10.3 Å². The first-order valence-corrected chi connectivity index (χ1v) is 10.2. The number of benzene rings is 2. The van der Waals surface area contributed by atoms with Gasteiger partial charge in [-0.2, -0.15) is 8.78 Å². The van der Waals surface area contributed by atoms with E-state index in [9.17, 15) is 22.0 Å². The van der Waals surface area contributed by atoms with Crippen molar-refractivity contribution in [2.75, 3.05) is 5.32 Å². The van der Waals surface area contributed by atoms with Gasteiger partial charge in [0.1, 0.15) is 0 Å². The molecule has 0 fully saturated rings. The number of carbonyl (C=O) groups excluding carboxylic acids is 1. The molecule has 2 aromatic carbocycles. The number of rotatable bonds is 5. The van der Waals surface area contributed by atoms with Crippen molar-refractivity contribution in [1.82, 2.24) is 4.98 Å². The van der Waals surface area contributed by atoms with Crippen molar-refractivity contribution in [1.29, 1.82) is 0 Å². The van der Waals surface area contributed by atoms with E-state index >= 15 is 0 Å². The minimum absolute atomic E-state index is 0.109. The molecule has 3 aromatic rings. The van der Waals surface area contributed by atoms with E-state index in [4.69, 9.17) is 11.6 Å². The minimum Gasteiger partial charge on any atom is -0.298 e. The fourth-order valence-corrected chi connectivity index (χ4v) is 3.85. The molecular weight excluding hydrogens is 418 g/mol. The number of alkyl halides is 2. The monoisotopic (exact) mass is 428 g/mol. The lowest BCUT2D eigenvalue weighted by atomic mass is 10.2. The molecule has 0 bridgehead atoms. The largest absolute Gasteiger partial charge is 0.341 e. The van der Waals surface area contributed by atoms with Crippen LogP contribution in [0.4, 0.5) is 13.9 Å². The molecule has 0 saturated heterocycles. The van der Waals surface area contributed by atoms with E-state index in [1.807, 2.05) is 6.07 Å². The van der Waals surface area contributed by atoms with E-state index in [1.54, 1.807) is 23.6 Å². The van der Waals surface area contributed by atoms with Gasteiger partial charge in [-0.1, -0.05) is 29.8 Å². The zero-order valence-corrected chi connectivity index (χ0v) is 15.8. The van der Waals surface area contributed by atoms with Gasteiger partial charge in [0.05, 0.1) is 10.6 Å². The van der Waals surface area contributed by atoms with Crippen LogP contribution in [0.2, 0.25) is 5.02 Å². The number of hydrogen-bond donors (Lipinski definition) is 1. The Hall–Kier alpha value is -2.36. The third kappa shape index (κ3) is 4.15. The first-order chi connectivity index (χ1) is 12.8. The molecule has 0 aliphatic rings. The van der Waals surface area contributed by atoms with Crippen LogP contribution in [-0.4, -0.2) is 25.1 Å². The summed E-state index contributed by atoms with van der Waals surface area (Å²) in [6, 6.07) is 11.4. The average molecular weight is 429 g/mol. The molecule has 0 aliphatic carbocycles. The second-order valence-corrected chi connectivity index (χ2v) is 8.48. The molecule has 0 spiro atoms. The van der Waals surface area contributed by atoms with Crippen LogP contribution in [-0.2, 0) is 9.84 Å². The molecule has 1 N–H and O–H groups in total. The molecule has 140 valence electrons. The molecule has 10 heteroatoms. The lowest BCUT2D eigenvalue weighted by molar-refractivity contribution is 0.102. The Morgan fingerprint density at radius 3 is 2.41 bits per heavy atom. The quantitative estimate of drug-likeness (QED) is 0.638. The molecular formula is C17H11ClF2N2O3S2. The lowest BCUT2D eigenvalue weighted by Crippen LogP contribution is -2.14. The van der Waals surface area contributed by atoms with E-state index in [0.29, 0.717) is 15.8 Å². The zero-order valence-electron chi connectivity index (χ0n) is 13.4. The normalized spacial score (nSPS) is 11.6. The Labute approximate surface area is 162 Å². The highest BCUT2D eigenvalue weighted by molar-refractivity contribution is 7.91. The first kappa shape index (κ1) is 19.4. The Morgan fingerprint density at radius 2 is 1.78 bits per heavy atom. The smallest absolute Gasteiger partial charge is 0.298 e. The summed E-state index contributed by atoms with van der Waals surface area (Å²) in [5, 5.41) is 5.15. The maximum absolute atomic E-state index is 12.5. The predicted octanol–water partition coefficient (Wildman–Crippen LogP) is 4.71. The third-order valence-corrected chi connectivity index (χ3v) is 6.04. The molecule has 27 heavy (non-hydrogen) atoms. The van der Waals surface area contributed by atoms with Crippen LogP contribution in [0.1, 0.15) is 10.4 Å². The molecule has 0 saturated carbocycles. The first-order valence-electron chi connectivity index (χ1n) is 7.43. The van der Waals surface area contributed by atoms with Crippen LogP contribution in [0.3, 0.4) is 0 Å². The molecule has 1 amide bonds. The summed E-state index contributed by atoms with van der Waals surface area (Å²) >= 11 is 7.31. The highest BCUT2D eigenvalue weighted by Crippen LogP contribution is 2.30. The summed E-state index contributed by atoms with van der Waals surface area (Å²) in [6.45, 7) is 0.